The van der Waals surface area contributed by atoms with Crippen molar-refractivity contribution < 1.29 is 19.4 Å². The lowest BCUT2D eigenvalue weighted by molar-refractivity contribution is -0.141. The molecule has 0 aliphatic heterocycles. The van der Waals surface area contributed by atoms with Crippen LogP contribution in [-0.2, 0) is 14.3 Å². The molecule has 0 atom stereocenters. The molecule has 15 heavy (non-hydrogen) atoms. The van der Waals surface area contributed by atoms with Gasteiger partial charge in [0, 0.05) is 5.75 Å². The van der Waals surface area contributed by atoms with Crippen molar-refractivity contribution in [3.8, 4) is 0 Å². The highest BCUT2D eigenvalue weighted by Gasteiger charge is 2.41. The second-order valence-electron chi connectivity index (χ2n) is 3.68. The molecule has 1 N–H and O–H groups in total. The van der Waals surface area contributed by atoms with Gasteiger partial charge in [-0.05, 0) is 12.8 Å². The number of ether oxygens (including phenoxy) is 1. The first kappa shape index (κ1) is 12.4. The number of carboxylic acids is 1. The summed E-state index contributed by atoms with van der Waals surface area (Å²) in [6.07, 6.45) is 3.66. The van der Waals surface area contributed by atoms with Crippen LogP contribution in [-0.4, -0.2) is 34.7 Å². The van der Waals surface area contributed by atoms with Crippen molar-refractivity contribution >= 4 is 23.7 Å². The molecule has 0 aromatic rings. The van der Waals surface area contributed by atoms with Crippen LogP contribution in [0.2, 0.25) is 0 Å². The minimum atomic E-state index is -0.741. The van der Waals surface area contributed by atoms with Gasteiger partial charge in [0.1, 0.15) is 4.75 Å². The Morgan fingerprint density at radius 2 is 2.00 bits per heavy atom. The Balaban J connectivity index is 2.39. The van der Waals surface area contributed by atoms with Crippen LogP contribution >= 0.6 is 11.8 Å². The summed E-state index contributed by atoms with van der Waals surface area (Å²) in [5.74, 6) is -0.491. The van der Waals surface area contributed by atoms with Gasteiger partial charge in [0.15, 0.2) is 0 Å². The van der Waals surface area contributed by atoms with E-state index in [1.54, 1.807) is 0 Å². The number of rotatable bonds is 5. The first-order chi connectivity index (χ1) is 7.10. The molecule has 1 fully saturated rings. The second kappa shape index (κ2) is 5.39. The van der Waals surface area contributed by atoms with Crippen molar-refractivity contribution in [3.63, 3.8) is 0 Å². The van der Waals surface area contributed by atoms with Crippen molar-refractivity contribution in [1.82, 2.24) is 0 Å². The Morgan fingerprint density at radius 1 is 1.40 bits per heavy atom. The van der Waals surface area contributed by atoms with Gasteiger partial charge in [0.25, 0.3) is 0 Å². The molecular weight excluding hydrogens is 216 g/mol. The van der Waals surface area contributed by atoms with E-state index in [1.807, 2.05) is 0 Å². The molecule has 0 saturated heterocycles. The van der Waals surface area contributed by atoms with Crippen molar-refractivity contribution in [2.45, 2.75) is 36.9 Å². The van der Waals surface area contributed by atoms with Crippen molar-refractivity contribution in [3.05, 3.63) is 0 Å². The number of carboxylic acid groups (broad SMARTS) is 1. The topological polar surface area (TPSA) is 63.6 Å². The summed E-state index contributed by atoms with van der Waals surface area (Å²) in [5.41, 5.74) is 0. The maximum atomic E-state index is 11.1. The third-order valence-electron chi connectivity index (χ3n) is 2.71. The number of esters is 1. The van der Waals surface area contributed by atoms with E-state index in [2.05, 4.69) is 4.74 Å². The predicted molar refractivity (Wildman–Crippen MR) is 57.9 cm³/mol. The Morgan fingerprint density at radius 3 is 2.47 bits per heavy atom. The number of methoxy groups -OCH3 is 1. The Hall–Kier alpha value is -0.710. The fraction of sp³-hybridized carbons (Fsp3) is 0.800. The average Bonchev–Trinajstić information content (AvgIpc) is 2.67. The molecule has 1 aliphatic rings. The highest BCUT2D eigenvalue weighted by molar-refractivity contribution is 8.01. The molecule has 1 aliphatic carbocycles. The molecule has 0 aromatic heterocycles. The van der Waals surface area contributed by atoms with Gasteiger partial charge in [0.05, 0.1) is 13.5 Å². The van der Waals surface area contributed by atoms with Crippen LogP contribution in [0.1, 0.15) is 32.1 Å². The fourth-order valence-corrected chi connectivity index (χ4v) is 3.16. The molecule has 0 spiro atoms. The molecule has 0 heterocycles. The molecule has 5 heteroatoms. The molecule has 0 amide bonds. The highest BCUT2D eigenvalue weighted by Crippen LogP contribution is 2.42. The van der Waals surface area contributed by atoms with Gasteiger partial charge in [-0.1, -0.05) is 12.8 Å². The first-order valence-corrected chi connectivity index (χ1v) is 6.03. The van der Waals surface area contributed by atoms with E-state index in [4.69, 9.17) is 5.11 Å². The van der Waals surface area contributed by atoms with Crippen LogP contribution < -0.4 is 0 Å². The summed E-state index contributed by atoms with van der Waals surface area (Å²) in [4.78, 5) is 22.0. The molecule has 1 rings (SSSR count). The minimum absolute atomic E-state index is 0.277. The van der Waals surface area contributed by atoms with E-state index in [1.165, 1.54) is 18.9 Å². The van der Waals surface area contributed by atoms with Gasteiger partial charge in [-0.25, -0.2) is 0 Å². The Kier molecular flexibility index (Phi) is 4.45. The van der Waals surface area contributed by atoms with E-state index in [0.717, 1.165) is 12.8 Å². The first-order valence-electron chi connectivity index (χ1n) is 5.05. The van der Waals surface area contributed by atoms with Crippen LogP contribution in [0.25, 0.3) is 0 Å². The van der Waals surface area contributed by atoms with Crippen LogP contribution in [0.5, 0.6) is 0 Å². The molecule has 4 nitrogen and oxygen atoms in total. The standard InChI is InChI=1S/C10H16O4S/c1-14-8(11)4-7-15-10(9(12)13)5-2-3-6-10/h2-7H2,1H3,(H,12,13). The number of carbonyl (C=O) groups is 2. The monoisotopic (exact) mass is 232 g/mol. The summed E-state index contributed by atoms with van der Waals surface area (Å²) in [6.45, 7) is 0. The third-order valence-corrected chi connectivity index (χ3v) is 4.26. The number of thioether (sulfide) groups is 1. The Labute approximate surface area is 93.4 Å². The zero-order chi connectivity index (χ0) is 11.3. The summed E-state index contributed by atoms with van der Waals surface area (Å²) in [5, 5.41) is 9.15. The van der Waals surface area contributed by atoms with E-state index in [-0.39, 0.29) is 12.4 Å². The maximum absolute atomic E-state index is 11.1. The maximum Gasteiger partial charge on any atom is 0.319 e. The quantitative estimate of drug-likeness (QED) is 0.731. The normalized spacial score (nSPS) is 18.7. The van der Waals surface area contributed by atoms with Gasteiger partial charge in [-0.15, -0.1) is 11.8 Å². The average molecular weight is 232 g/mol. The van der Waals surface area contributed by atoms with Crippen molar-refractivity contribution in [2.24, 2.45) is 0 Å². The van der Waals surface area contributed by atoms with Crippen LogP contribution in [0.15, 0.2) is 0 Å². The van der Waals surface area contributed by atoms with Crippen molar-refractivity contribution in [2.75, 3.05) is 12.9 Å². The van der Waals surface area contributed by atoms with E-state index < -0.39 is 10.7 Å². The summed E-state index contributed by atoms with van der Waals surface area (Å²) in [6, 6.07) is 0. The minimum Gasteiger partial charge on any atom is -0.480 e. The molecule has 0 unspecified atom stereocenters. The zero-order valence-electron chi connectivity index (χ0n) is 8.82. The van der Waals surface area contributed by atoms with Crippen molar-refractivity contribution in [1.29, 1.82) is 0 Å². The zero-order valence-corrected chi connectivity index (χ0v) is 9.64. The lowest BCUT2D eigenvalue weighted by Crippen LogP contribution is -2.32. The summed E-state index contributed by atoms with van der Waals surface area (Å²) >= 11 is 1.38. The summed E-state index contributed by atoms with van der Waals surface area (Å²) in [7, 11) is 1.34. The molecule has 0 radical (unpaired) electrons. The number of carbonyl (C=O) groups excluding carboxylic acids is 1. The van der Waals surface area contributed by atoms with Crippen LogP contribution in [0, 0.1) is 0 Å². The second-order valence-corrected chi connectivity index (χ2v) is 5.16. The van der Waals surface area contributed by atoms with Crippen LogP contribution in [0.4, 0.5) is 0 Å². The molecule has 0 aromatic carbocycles. The van der Waals surface area contributed by atoms with Gasteiger partial charge in [-0.3, -0.25) is 9.59 Å². The molecule has 1 saturated carbocycles. The smallest absolute Gasteiger partial charge is 0.319 e. The van der Waals surface area contributed by atoms with E-state index in [9.17, 15) is 9.59 Å². The third kappa shape index (κ3) is 3.12. The number of aliphatic carboxylic acids is 1. The summed E-state index contributed by atoms with van der Waals surface area (Å²) < 4.78 is 3.86. The van der Waals surface area contributed by atoms with Gasteiger partial charge >= 0.3 is 11.9 Å². The fourth-order valence-electron chi connectivity index (χ4n) is 1.80. The molecular formula is C10H16O4S. The highest BCUT2D eigenvalue weighted by atomic mass is 32.2. The molecule has 86 valence electrons. The molecule has 0 bridgehead atoms. The van der Waals surface area contributed by atoms with Crippen LogP contribution in [0.3, 0.4) is 0 Å². The van der Waals surface area contributed by atoms with Gasteiger partial charge < -0.3 is 9.84 Å². The number of hydrogen-bond donors (Lipinski definition) is 1. The Bertz CT molecular complexity index is 246. The van der Waals surface area contributed by atoms with Gasteiger partial charge in [-0.2, -0.15) is 0 Å². The lowest BCUT2D eigenvalue weighted by atomic mass is 10.1. The van der Waals surface area contributed by atoms with E-state index >= 15 is 0 Å². The largest absolute Gasteiger partial charge is 0.480 e. The number of hydrogen-bond acceptors (Lipinski definition) is 4. The SMILES string of the molecule is COC(=O)CCSC1(C(=O)O)CCCC1. The lowest BCUT2D eigenvalue weighted by Gasteiger charge is -2.22. The predicted octanol–water partition coefficient (Wildman–Crippen LogP) is 1.68. The van der Waals surface area contributed by atoms with Gasteiger partial charge in [0.2, 0.25) is 0 Å². The van der Waals surface area contributed by atoms with E-state index in [0.29, 0.717) is 18.6 Å².